The minimum atomic E-state index is -0.555. The Hall–Kier alpha value is -2.69. The molecule has 0 unspecified atom stereocenters. The van der Waals surface area contributed by atoms with Crippen LogP contribution in [-0.2, 0) is 4.74 Å². The van der Waals surface area contributed by atoms with Crippen molar-refractivity contribution < 1.29 is 18.7 Å². The van der Waals surface area contributed by atoms with Gasteiger partial charge in [0.05, 0.1) is 18.4 Å². The lowest BCUT2D eigenvalue weighted by molar-refractivity contribution is 0.0602. The molecule has 0 saturated carbocycles. The van der Waals surface area contributed by atoms with E-state index in [1.54, 1.807) is 25.1 Å². The number of esters is 1. The minimum Gasteiger partial charge on any atom is -0.465 e. The largest absolute Gasteiger partial charge is 0.465 e. The van der Waals surface area contributed by atoms with Crippen molar-refractivity contribution in [3.8, 4) is 0 Å². The van der Waals surface area contributed by atoms with Crippen LogP contribution in [0.4, 0.5) is 10.1 Å². The molecule has 0 aliphatic rings. The lowest BCUT2D eigenvalue weighted by Crippen LogP contribution is -2.15. The van der Waals surface area contributed by atoms with Crippen LogP contribution in [0.5, 0.6) is 0 Å². The molecule has 2 rings (SSSR count). The Bertz CT molecular complexity index is 698. The second kappa shape index (κ2) is 6.17. The average Bonchev–Trinajstić information content (AvgIpc) is 2.49. The number of benzene rings is 2. The van der Waals surface area contributed by atoms with Gasteiger partial charge in [-0.15, -0.1) is 0 Å². The third kappa shape index (κ3) is 3.25. The third-order valence-corrected chi connectivity index (χ3v) is 3.01. The lowest BCUT2D eigenvalue weighted by Gasteiger charge is -2.10. The molecular weight excluding hydrogens is 273 g/mol. The summed E-state index contributed by atoms with van der Waals surface area (Å²) in [6.07, 6.45) is 0. The van der Waals surface area contributed by atoms with Gasteiger partial charge in [0.2, 0.25) is 0 Å². The molecule has 0 bridgehead atoms. The van der Waals surface area contributed by atoms with Crippen LogP contribution in [0.25, 0.3) is 0 Å². The van der Waals surface area contributed by atoms with Gasteiger partial charge >= 0.3 is 5.97 Å². The second-order valence-corrected chi connectivity index (χ2v) is 4.46. The monoisotopic (exact) mass is 287 g/mol. The van der Waals surface area contributed by atoms with Crippen molar-refractivity contribution in [1.29, 1.82) is 0 Å². The van der Waals surface area contributed by atoms with Gasteiger partial charge in [-0.25, -0.2) is 9.18 Å². The topological polar surface area (TPSA) is 55.4 Å². The standard InChI is InChI=1S/C16H14FNO3/c1-10-7-8-11(9-13(10)17)15(19)18-14-6-4-3-5-12(14)16(20)21-2/h3-9H,1-2H3,(H,18,19). The van der Waals surface area contributed by atoms with E-state index in [0.717, 1.165) is 6.07 Å². The van der Waals surface area contributed by atoms with Crippen molar-refractivity contribution in [3.63, 3.8) is 0 Å². The van der Waals surface area contributed by atoms with Crippen molar-refractivity contribution in [3.05, 3.63) is 65.0 Å². The van der Waals surface area contributed by atoms with E-state index < -0.39 is 17.7 Å². The van der Waals surface area contributed by atoms with Gasteiger partial charge in [0.1, 0.15) is 5.82 Å². The van der Waals surface area contributed by atoms with E-state index in [-0.39, 0.29) is 11.1 Å². The van der Waals surface area contributed by atoms with E-state index in [4.69, 9.17) is 0 Å². The first-order valence-corrected chi connectivity index (χ1v) is 6.27. The summed E-state index contributed by atoms with van der Waals surface area (Å²) in [5, 5.41) is 2.58. The number of methoxy groups -OCH3 is 1. The maximum Gasteiger partial charge on any atom is 0.339 e. The molecule has 0 aromatic heterocycles. The number of carbonyl (C=O) groups is 2. The number of nitrogens with one attached hydrogen (secondary N) is 1. The van der Waals surface area contributed by atoms with Crippen LogP contribution in [0.2, 0.25) is 0 Å². The van der Waals surface area contributed by atoms with E-state index in [9.17, 15) is 14.0 Å². The number of hydrogen-bond donors (Lipinski definition) is 1. The van der Waals surface area contributed by atoms with Crippen molar-refractivity contribution in [2.24, 2.45) is 0 Å². The first kappa shape index (κ1) is 14.7. The number of ether oxygens (including phenoxy) is 1. The molecule has 0 spiro atoms. The summed E-state index contributed by atoms with van der Waals surface area (Å²) in [7, 11) is 1.26. The maximum absolute atomic E-state index is 13.5. The molecule has 0 radical (unpaired) electrons. The Morgan fingerprint density at radius 1 is 1.14 bits per heavy atom. The smallest absolute Gasteiger partial charge is 0.339 e. The lowest BCUT2D eigenvalue weighted by atomic mass is 10.1. The Balaban J connectivity index is 2.27. The Morgan fingerprint density at radius 3 is 2.52 bits per heavy atom. The Labute approximate surface area is 121 Å². The van der Waals surface area contributed by atoms with Gasteiger partial charge in [-0.05, 0) is 36.8 Å². The summed E-state index contributed by atoms with van der Waals surface area (Å²) >= 11 is 0. The average molecular weight is 287 g/mol. The highest BCUT2D eigenvalue weighted by molar-refractivity contribution is 6.08. The third-order valence-electron chi connectivity index (χ3n) is 3.01. The summed E-state index contributed by atoms with van der Waals surface area (Å²) in [5.74, 6) is -1.50. The summed E-state index contributed by atoms with van der Waals surface area (Å²) in [6, 6.07) is 10.7. The molecule has 0 aliphatic heterocycles. The fourth-order valence-electron chi connectivity index (χ4n) is 1.81. The first-order chi connectivity index (χ1) is 10.0. The van der Waals surface area contributed by atoms with Gasteiger partial charge < -0.3 is 10.1 Å². The van der Waals surface area contributed by atoms with E-state index in [0.29, 0.717) is 11.3 Å². The van der Waals surface area contributed by atoms with Gasteiger partial charge in [0.15, 0.2) is 0 Å². The van der Waals surface area contributed by atoms with Crippen LogP contribution in [0, 0.1) is 12.7 Å². The van der Waals surface area contributed by atoms with Crippen molar-refractivity contribution in [2.75, 3.05) is 12.4 Å². The summed E-state index contributed by atoms with van der Waals surface area (Å²) < 4.78 is 18.1. The number of halogens is 1. The highest BCUT2D eigenvalue weighted by atomic mass is 19.1. The molecule has 0 heterocycles. The van der Waals surface area contributed by atoms with Crippen LogP contribution in [0.1, 0.15) is 26.3 Å². The zero-order valence-electron chi connectivity index (χ0n) is 11.6. The number of amides is 1. The normalized spacial score (nSPS) is 10.0. The van der Waals surface area contributed by atoms with Gasteiger partial charge in [-0.2, -0.15) is 0 Å². The quantitative estimate of drug-likeness (QED) is 0.882. The molecule has 0 aliphatic carbocycles. The van der Waals surface area contributed by atoms with Gasteiger partial charge in [-0.1, -0.05) is 18.2 Å². The number of anilines is 1. The molecule has 5 heteroatoms. The number of rotatable bonds is 3. The molecule has 0 fully saturated rings. The fourth-order valence-corrected chi connectivity index (χ4v) is 1.81. The molecule has 21 heavy (non-hydrogen) atoms. The predicted molar refractivity (Wildman–Crippen MR) is 76.9 cm³/mol. The zero-order chi connectivity index (χ0) is 15.4. The molecule has 2 aromatic carbocycles. The SMILES string of the molecule is COC(=O)c1ccccc1NC(=O)c1ccc(C)c(F)c1. The molecular formula is C16H14FNO3. The van der Waals surface area contributed by atoms with Gasteiger partial charge in [0.25, 0.3) is 5.91 Å². The minimum absolute atomic E-state index is 0.178. The zero-order valence-corrected chi connectivity index (χ0v) is 11.6. The highest BCUT2D eigenvalue weighted by Crippen LogP contribution is 2.18. The van der Waals surface area contributed by atoms with Crippen molar-refractivity contribution in [2.45, 2.75) is 6.92 Å². The summed E-state index contributed by atoms with van der Waals surface area (Å²) in [4.78, 5) is 23.7. The van der Waals surface area contributed by atoms with E-state index in [1.807, 2.05) is 0 Å². The first-order valence-electron chi connectivity index (χ1n) is 6.27. The Kier molecular flexibility index (Phi) is 4.33. The number of carbonyl (C=O) groups excluding carboxylic acids is 2. The van der Waals surface area contributed by atoms with Crippen molar-refractivity contribution >= 4 is 17.6 Å². The van der Waals surface area contributed by atoms with Crippen LogP contribution in [0.3, 0.4) is 0 Å². The molecule has 1 amide bonds. The molecule has 108 valence electrons. The van der Waals surface area contributed by atoms with Crippen LogP contribution in [0.15, 0.2) is 42.5 Å². The maximum atomic E-state index is 13.5. The molecule has 0 atom stereocenters. The Morgan fingerprint density at radius 2 is 1.86 bits per heavy atom. The van der Waals surface area contributed by atoms with E-state index in [1.165, 1.54) is 25.3 Å². The van der Waals surface area contributed by atoms with Crippen LogP contribution >= 0.6 is 0 Å². The number of hydrogen-bond acceptors (Lipinski definition) is 3. The molecule has 4 nitrogen and oxygen atoms in total. The fraction of sp³-hybridized carbons (Fsp3) is 0.125. The van der Waals surface area contributed by atoms with Crippen LogP contribution in [-0.4, -0.2) is 19.0 Å². The van der Waals surface area contributed by atoms with Crippen LogP contribution < -0.4 is 5.32 Å². The predicted octanol–water partition coefficient (Wildman–Crippen LogP) is 3.17. The molecule has 2 aromatic rings. The van der Waals surface area contributed by atoms with E-state index >= 15 is 0 Å². The highest BCUT2D eigenvalue weighted by Gasteiger charge is 2.14. The molecule has 0 saturated heterocycles. The second-order valence-electron chi connectivity index (χ2n) is 4.46. The number of aryl methyl sites for hydroxylation is 1. The van der Waals surface area contributed by atoms with E-state index in [2.05, 4.69) is 10.1 Å². The molecule has 1 N–H and O–H groups in total. The van der Waals surface area contributed by atoms with Gasteiger partial charge in [-0.3, -0.25) is 4.79 Å². The summed E-state index contributed by atoms with van der Waals surface area (Å²) in [5.41, 5.74) is 1.19. The summed E-state index contributed by atoms with van der Waals surface area (Å²) in [6.45, 7) is 1.61. The van der Waals surface area contributed by atoms with Gasteiger partial charge in [0, 0.05) is 5.56 Å². The van der Waals surface area contributed by atoms with Crippen molar-refractivity contribution in [1.82, 2.24) is 0 Å². The number of para-hydroxylation sites is 1.